The fourth-order valence-electron chi connectivity index (χ4n) is 3.44. The molecule has 3 aromatic rings. The fraction of sp³-hybridized carbons (Fsp3) is 0.238. The summed E-state index contributed by atoms with van der Waals surface area (Å²) in [4.78, 5) is 25.3. The highest BCUT2D eigenvalue weighted by Crippen LogP contribution is 2.26. The first-order chi connectivity index (χ1) is 14.4. The van der Waals surface area contributed by atoms with E-state index in [1.807, 2.05) is 0 Å². The molecule has 30 heavy (non-hydrogen) atoms. The molecule has 0 atom stereocenters. The average Bonchev–Trinajstić information content (AvgIpc) is 3.22. The van der Waals surface area contributed by atoms with E-state index in [-0.39, 0.29) is 11.0 Å². The Morgan fingerprint density at radius 1 is 1.00 bits per heavy atom. The maximum absolute atomic E-state index is 12.8. The molecular formula is C21H21N3O5S. The highest BCUT2D eigenvalue weighted by molar-refractivity contribution is 7.92. The molecule has 0 amide bonds. The van der Waals surface area contributed by atoms with E-state index < -0.39 is 21.3 Å². The van der Waals surface area contributed by atoms with Gasteiger partial charge in [0.15, 0.2) is 0 Å². The third-order valence-corrected chi connectivity index (χ3v) is 6.32. The van der Waals surface area contributed by atoms with Gasteiger partial charge in [0.2, 0.25) is 0 Å². The molecule has 8 nitrogen and oxygen atoms in total. The van der Waals surface area contributed by atoms with Gasteiger partial charge in [-0.15, -0.1) is 0 Å². The Balaban J connectivity index is 1.52. The number of nitrogens with one attached hydrogen (secondary N) is 2. The zero-order chi connectivity index (χ0) is 21.1. The summed E-state index contributed by atoms with van der Waals surface area (Å²) in [6.45, 7) is 0. The van der Waals surface area contributed by atoms with Crippen molar-refractivity contribution in [1.82, 2.24) is 9.55 Å². The number of H-pyrrole nitrogens is 1. The van der Waals surface area contributed by atoms with Crippen molar-refractivity contribution in [3.8, 4) is 11.4 Å². The number of aromatic amines is 1. The molecule has 0 radical (unpaired) electrons. The molecule has 1 aliphatic carbocycles. The second kappa shape index (κ2) is 8.19. The normalized spacial score (nSPS) is 14.5. The fourth-order valence-corrected chi connectivity index (χ4v) is 4.53. The van der Waals surface area contributed by atoms with Crippen LogP contribution in [-0.2, 0) is 10.0 Å². The van der Waals surface area contributed by atoms with Crippen LogP contribution in [-0.4, -0.2) is 24.1 Å². The van der Waals surface area contributed by atoms with E-state index in [4.69, 9.17) is 4.74 Å². The molecule has 0 unspecified atom stereocenters. The zero-order valence-corrected chi connectivity index (χ0v) is 16.9. The number of hydrogen-bond donors (Lipinski definition) is 2. The third kappa shape index (κ3) is 4.46. The molecule has 9 heteroatoms. The Bertz CT molecular complexity index is 1260. The molecule has 1 fully saturated rings. The van der Waals surface area contributed by atoms with Crippen molar-refractivity contribution in [2.24, 2.45) is 0 Å². The lowest BCUT2D eigenvalue weighted by Crippen LogP contribution is -2.27. The molecule has 2 aromatic carbocycles. The van der Waals surface area contributed by atoms with Crippen LogP contribution in [0.15, 0.2) is 75.3 Å². The second-order valence-electron chi connectivity index (χ2n) is 7.13. The molecule has 0 aliphatic heterocycles. The summed E-state index contributed by atoms with van der Waals surface area (Å²) in [5.41, 5.74) is -0.223. The summed E-state index contributed by atoms with van der Waals surface area (Å²) in [5, 5.41) is 0. The van der Waals surface area contributed by atoms with Gasteiger partial charge in [-0.1, -0.05) is 6.07 Å². The van der Waals surface area contributed by atoms with E-state index in [0.29, 0.717) is 17.1 Å². The largest absolute Gasteiger partial charge is 0.490 e. The molecule has 4 rings (SSSR count). The van der Waals surface area contributed by atoms with E-state index >= 15 is 0 Å². The van der Waals surface area contributed by atoms with Crippen molar-refractivity contribution in [3.63, 3.8) is 0 Å². The Morgan fingerprint density at radius 2 is 1.73 bits per heavy atom. The van der Waals surface area contributed by atoms with Gasteiger partial charge in [-0.3, -0.25) is 19.1 Å². The van der Waals surface area contributed by atoms with Gasteiger partial charge in [-0.05, 0) is 62.1 Å². The maximum Gasteiger partial charge on any atom is 0.332 e. The van der Waals surface area contributed by atoms with Crippen LogP contribution in [0.2, 0.25) is 0 Å². The van der Waals surface area contributed by atoms with Crippen LogP contribution >= 0.6 is 0 Å². The highest BCUT2D eigenvalue weighted by atomic mass is 32.2. The topological polar surface area (TPSA) is 110 Å². The molecule has 1 saturated carbocycles. The number of rotatable bonds is 6. The number of anilines is 1. The average molecular weight is 427 g/mol. The summed E-state index contributed by atoms with van der Waals surface area (Å²) in [6, 6.07) is 13.9. The predicted molar refractivity (Wildman–Crippen MR) is 113 cm³/mol. The number of benzene rings is 2. The van der Waals surface area contributed by atoms with Crippen LogP contribution in [0.4, 0.5) is 5.69 Å². The van der Waals surface area contributed by atoms with Crippen molar-refractivity contribution >= 4 is 15.7 Å². The van der Waals surface area contributed by atoms with E-state index in [1.165, 1.54) is 29.0 Å². The SMILES string of the molecule is O=c1ccn(-c2ccc(NS(=O)(=O)c3cccc(OC4CCCC4)c3)cc2)c(=O)[nH]1. The Labute approximate surface area is 173 Å². The summed E-state index contributed by atoms with van der Waals surface area (Å²) in [5.74, 6) is 0.539. The van der Waals surface area contributed by atoms with Gasteiger partial charge in [-0.25, -0.2) is 13.2 Å². The molecule has 1 aliphatic rings. The first-order valence-corrected chi connectivity index (χ1v) is 11.1. The van der Waals surface area contributed by atoms with Crippen LogP contribution < -0.4 is 20.7 Å². The first-order valence-electron chi connectivity index (χ1n) is 9.63. The summed E-state index contributed by atoms with van der Waals surface area (Å²) in [6.07, 6.45) is 5.73. The number of nitrogens with zero attached hydrogens (tertiary/aromatic N) is 1. The quantitative estimate of drug-likeness (QED) is 0.628. The summed E-state index contributed by atoms with van der Waals surface area (Å²) >= 11 is 0. The Hall–Kier alpha value is -3.33. The van der Waals surface area contributed by atoms with Crippen LogP contribution in [0.5, 0.6) is 5.75 Å². The molecule has 1 aromatic heterocycles. The van der Waals surface area contributed by atoms with Crippen molar-refractivity contribution in [1.29, 1.82) is 0 Å². The highest BCUT2D eigenvalue weighted by Gasteiger charge is 2.19. The van der Waals surface area contributed by atoms with Gasteiger partial charge in [-0.2, -0.15) is 0 Å². The molecule has 0 spiro atoms. The Morgan fingerprint density at radius 3 is 2.43 bits per heavy atom. The number of sulfonamides is 1. The standard InChI is InChI=1S/C21H21N3O5S/c25-20-12-13-24(21(26)22-20)16-10-8-15(9-11-16)23-30(27,28)19-7-3-6-18(14-19)29-17-4-1-2-5-17/h3,6-14,17,23H,1-2,4-5H2,(H,22,25,26). The lowest BCUT2D eigenvalue weighted by atomic mass is 10.3. The molecule has 156 valence electrons. The van der Waals surface area contributed by atoms with Gasteiger partial charge >= 0.3 is 5.69 Å². The maximum atomic E-state index is 12.8. The van der Waals surface area contributed by atoms with Crippen LogP contribution in [0.25, 0.3) is 5.69 Å². The van der Waals surface area contributed by atoms with Crippen molar-refractivity contribution < 1.29 is 13.2 Å². The van der Waals surface area contributed by atoms with Gasteiger partial charge < -0.3 is 4.74 Å². The van der Waals surface area contributed by atoms with E-state index in [0.717, 1.165) is 25.7 Å². The molecule has 1 heterocycles. The summed E-state index contributed by atoms with van der Waals surface area (Å²) in [7, 11) is -3.81. The second-order valence-corrected chi connectivity index (χ2v) is 8.81. The Kier molecular flexibility index (Phi) is 5.45. The lowest BCUT2D eigenvalue weighted by Gasteiger charge is -2.14. The number of aromatic nitrogens is 2. The van der Waals surface area contributed by atoms with E-state index in [1.54, 1.807) is 36.4 Å². The molecule has 0 bridgehead atoms. The lowest BCUT2D eigenvalue weighted by molar-refractivity contribution is 0.209. The van der Waals surface area contributed by atoms with E-state index in [9.17, 15) is 18.0 Å². The smallest absolute Gasteiger partial charge is 0.332 e. The van der Waals surface area contributed by atoms with Gasteiger partial charge in [0.25, 0.3) is 15.6 Å². The minimum atomic E-state index is -3.81. The van der Waals surface area contributed by atoms with Crippen molar-refractivity contribution in [3.05, 3.63) is 81.6 Å². The van der Waals surface area contributed by atoms with Crippen LogP contribution in [0, 0.1) is 0 Å². The number of hydrogen-bond acceptors (Lipinski definition) is 5. The van der Waals surface area contributed by atoms with Gasteiger partial charge in [0.1, 0.15) is 5.75 Å². The summed E-state index contributed by atoms with van der Waals surface area (Å²) < 4.78 is 35.2. The minimum Gasteiger partial charge on any atom is -0.490 e. The van der Waals surface area contributed by atoms with Gasteiger partial charge in [0.05, 0.1) is 16.7 Å². The molecular weight excluding hydrogens is 406 g/mol. The minimum absolute atomic E-state index is 0.110. The monoisotopic (exact) mass is 427 g/mol. The van der Waals surface area contributed by atoms with Gasteiger partial charge in [0, 0.05) is 24.0 Å². The van der Waals surface area contributed by atoms with Crippen LogP contribution in [0.3, 0.4) is 0 Å². The van der Waals surface area contributed by atoms with Crippen molar-refractivity contribution in [2.45, 2.75) is 36.7 Å². The molecule has 0 saturated heterocycles. The predicted octanol–water partition coefficient (Wildman–Crippen LogP) is 2.65. The third-order valence-electron chi connectivity index (χ3n) is 4.94. The zero-order valence-electron chi connectivity index (χ0n) is 16.1. The van der Waals surface area contributed by atoms with Crippen LogP contribution in [0.1, 0.15) is 25.7 Å². The first kappa shape index (κ1) is 20.0. The number of ether oxygens (including phenoxy) is 1. The molecule has 2 N–H and O–H groups in total. The van der Waals surface area contributed by atoms with Crippen molar-refractivity contribution in [2.75, 3.05) is 4.72 Å². The van der Waals surface area contributed by atoms with E-state index in [2.05, 4.69) is 9.71 Å².